The van der Waals surface area contributed by atoms with Crippen molar-refractivity contribution in [2.24, 2.45) is 0 Å². The van der Waals surface area contributed by atoms with Crippen molar-refractivity contribution < 1.29 is 19.1 Å². The van der Waals surface area contributed by atoms with E-state index < -0.39 is 0 Å². The largest absolute Gasteiger partial charge is 0.385 e. The SMILES string of the molecule is COCCCN1C(=O)c2ccc(C(=O)Nc3ccc(C)nc3)cc2C1=O. The minimum Gasteiger partial charge on any atom is -0.385 e. The fourth-order valence-electron chi connectivity index (χ4n) is 2.75. The first-order valence-electron chi connectivity index (χ1n) is 8.24. The highest BCUT2D eigenvalue weighted by Gasteiger charge is 2.35. The number of aromatic nitrogens is 1. The number of pyridine rings is 1. The molecule has 26 heavy (non-hydrogen) atoms. The molecule has 0 spiro atoms. The lowest BCUT2D eigenvalue weighted by molar-refractivity contribution is 0.0638. The molecule has 1 N–H and O–H groups in total. The highest BCUT2D eigenvalue weighted by Crippen LogP contribution is 2.24. The highest BCUT2D eigenvalue weighted by molar-refractivity contribution is 6.22. The zero-order valence-corrected chi connectivity index (χ0v) is 14.6. The first-order valence-corrected chi connectivity index (χ1v) is 8.24. The van der Waals surface area contributed by atoms with E-state index in [1.165, 1.54) is 17.0 Å². The van der Waals surface area contributed by atoms with Gasteiger partial charge in [0.1, 0.15) is 0 Å². The van der Waals surface area contributed by atoms with Gasteiger partial charge in [0.25, 0.3) is 17.7 Å². The second-order valence-electron chi connectivity index (χ2n) is 6.01. The maximum Gasteiger partial charge on any atom is 0.261 e. The average Bonchev–Trinajstić information content (AvgIpc) is 2.88. The Bertz CT molecular complexity index is 862. The molecule has 1 aliphatic rings. The van der Waals surface area contributed by atoms with Gasteiger partial charge in [0.15, 0.2) is 0 Å². The molecule has 0 atom stereocenters. The van der Waals surface area contributed by atoms with E-state index in [0.29, 0.717) is 29.8 Å². The molecule has 0 saturated heterocycles. The normalized spacial score (nSPS) is 13.1. The third-order valence-corrected chi connectivity index (χ3v) is 4.13. The van der Waals surface area contributed by atoms with Crippen LogP contribution in [0.5, 0.6) is 0 Å². The van der Waals surface area contributed by atoms with Gasteiger partial charge < -0.3 is 10.1 Å². The smallest absolute Gasteiger partial charge is 0.261 e. The van der Waals surface area contributed by atoms with Gasteiger partial charge in [-0.05, 0) is 43.7 Å². The third-order valence-electron chi connectivity index (χ3n) is 4.13. The van der Waals surface area contributed by atoms with E-state index >= 15 is 0 Å². The zero-order chi connectivity index (χ0) is 18.7. The number of rotatable bonds is 6. The summed E-state index contributed by atoms with van der Waals surface area (Å²) >= 11 is 0. The summed E-state index contributed by atoms with van der Waals surface area (Å²) in [5.74, 6) is -1.08. The summed E-state index contributed by atoms with van der Waals surface area (Å²) in [4.78, 5) is 42.6. The molecule has 7 nitrogen and oxygen atoms in total. The van der Waals surface area contributed by atoms with Crippen molar-refractivity contribution in [1.29, 1.82) is 0 Å². The van der Waals surface area contributed by atoms with Crippen LogP contribution in [0.3, 0.4) is 0 Å². The Morgan fingerprint density at radius 3 is 2.62 bits per heavy atom. The van der Waals surface area contributed by atoms with E-state index in [9.17, 15) is 14.4 Å². The van der Waals surface area contributed by atoms with Gasteiger partial charge in [-0.2, -0.15) is 0 Å². The van der Waals surface area contributed by atoms with Crippen molar-refractivity contribution in [2.75, 3.05) is 25.6 Å². The van der Waals surface area contributed by atoms with Crippen molar-refractivity contribution in [2.45, 2.75) is 13.3 Å². The van der Waals surface area contributed by atoms with Gasteiger partial charge in [0.05, 0.1) is 23.0 Å². The van der Waals surface area contributed by atoms with Crippen LogP contribution in [0.2, 0.25) is 0 Å². The average molecular weight is 353 g/mol. The summed E-state index contributed by atoms with van der Waals surface area (Å²) in [7, 11) is 1.57. The second-order valence-corrected chi connectivity index (χ2v) is 6.01. The molecule has 0 radical (unpaired) electrons. The number of methoxy groups -OCH3 is 1. The second kappa shape index (κ2) is 7.45. The number of anilines is 1. The van der Waals surface area contributed by atoms with Crippen LogP contribution < -0.4 is 5.32 Å². The highest BCUT2D eigenvalue weighted by atomic mass is 16.5. The maximum atomic E-state index is 12.5. The molecule has 0 aliphatic carbocycles. The molecule has 1 aromatic heterocycles. The van der Waals surface area contributed by atoms with Gasteiger partial charge in [-0.25, -0.2) is 0 Å². The molecule has 134 valence electrons. The van der Waals surface area contributed by atoms with Crippen LogP contribution in [0.15, 0.2) is 36.5 Å². The Hall–Kier alpha value is -3.06. The van der Waals surface area contributed by atoms with E-state index in [-0.39, 0.29) is 29.8 Å². The first-order chi connectivity index (χ1) is 12.5. The van der Waals surface area contributed by atoms with E-state index in [0.717, 1.165) is 5.69 Å². The minimum absolute atomic E-state index is 0.252. The van der Waals surface area contributed by atoms with E-state index in [2.05, 4.69) is 10.3 Å². The van der Waals surface area contributed by atoms with Crippen LogP contribution in [-0.2, 0) is 4.74 Å². The number of amides is 3. The molecule has 3 amide bonds. The van der Waals surface area contributed by atoms with Gasteiger partial charge in [-0.15, -0.1) is 0 Å². The van der Waals surface area contributed by atoms with Gasteiger partial charge in [-0.1, -0.05) is 0 Å². The summed E-state index contributed by atoms with van der Waals surface area (Å²) < 4.78 is 4.96. The molecular weight excluding hydrogens is 334 g/mol. The van der Waals surface area contributed by atoms with Crippen molar-refractivity contribution in [3.8, 4) is 0 Å². The number of carbonyl (C=O) groups is 3. The number of nitrogens with one attached hydrogen (secondary N) is 1. The van der Waals surface area contributed by atoms with Crippen LogP contribution in [-0.4, -0.2) is 47.9 Å². The van der Waals surface area contributed by atoms with Crippen LogP contribution in [0.1, 0.15) is 43.2 Å². The number of imide groups is 1. The number of carbonyl (C=O) groups excluding carboxylic acids is 3. The summed E-state index contributed by atoms with van der Waals surface area (Å²) in [6, 6.07) is 8.06. The van der Waals surface area contributed by atoms with Crippen LogP contribution in [0.25, 0.3) is 0 Å². The Kier molecular flexibility index (Phi) is 5.09. The lowest BCUT2D eigenvalue weighted by atomic mass is 10.1. The van der Waals surface area contributed by atoms with E-state index in [1.54, 1.807) is 31.5 Å². The summed E-state index contributed by atoms with van der Waals surface area (Å²) in [6.45, 7) is 2.61. The first kappa shape index (κ1) is 17.8. The van der Waals surface area contributed by atoms with Gasteiger partial charge in [-0.3, -0.25) is 24.3 Å². The molecule has 3 rings (SSSR count). The monoisotopic (exact) mass is 353 g/mol. The van der Waals surface area contributed by atoms with E-state index in [1.807, 2.05) is 6.92 Å². The predicted octanol–water partition coefficient (Wildman–Crippen LogP) is 2.27. The Balaban J connectivity index is 1.77. The third kappa shape index (κ3) is 3.48. The molecule has 0 fully saturated rings. The number of hydrogen-bond donors (Lipinski definition) is 1. The molecule has 0 saturated carbocycles. The van der Waals surface area contributed by atoms with Gasteiger partial charge in [0.2, 0.25) is 0 Å². The molecule has 7 heteroatoms. The summed E-state index contributed by atoms with van der Waals surface area (Å²) in [5.41, 5.74) is 2.29. The van der Waals surface area contributed by atoms with Crippen molar-refractivity contribution >= 4 is 23.4 Å². The molecular formula is C19H19N3O4. The topological polar surface area (TPSA) is 88.6 Å². The molecule has 0 bridgehead atoms. The maximum absolute atomic E-state index is 12.5. The Morgan fingerprint density at radius 2 is 1.92 bits per heavy atom. The molecule has 2 aromatic rings. The minimum atomic E-state index is -0.382. The number of hydrogen-bond acceptors (Lipinski definition) is 5. The quantitative estimate of drug-likeness (QED) is 0.636. The number of benzene rings is 1. The summed E-state index contributed by atoms with van der Waals surface area (Å²) in [6.07, 6.45) is 2.13. The Labute approximate surface area is 151 Å². The number of ether oxygens (including phenoxy) is 1. The number of nitrogens with zero attached hydrogens (tertiary/aromatic N) is 2. The van der Waals surface area contributed by atoms with Crippen LogP contribution >= 0.6 is 0 Å². The van der Waals surface area contributed by atoms with E-state index in [4.69, 9.17) is 4.74 Å². The Morgan fingerprint density at radius 1 is 1.15 bits per heavy atom. The molecule has 1 aliphatic heterocycles. The number of aryl methyl sites for hydroxylation is 1. The molecule has 1 aromatic carbocycles. The van der Waals surface area contributed by atoms with Gasteiger partial charge in [0, 0.05) is 31.5 Å². The summed E-state index contributed by atoms with van der Waals surface area (Å²) in [5, 5.41) is 2.73. The van der Waals surface area contributed by atoms with Crippen LogP contribution in [0, 0.1) is 6.92 Å². The van der Waals surface area contributed by atoms with Gasteiger partial charge >= 0.3 is 0 Å². The van der Waals surface area contributed by atoms with Crippen molar-refractivity contribution in [3.63, 3.8) is 0 Å². The molecule has 2 heterocycles. The standard InChI is InChI=1S/C19H19N3O4/c1-12-4-6-14(11-20-12)21-17(23)13-5-7-15-16(10-13)19(25)22(18(15)24)8-3-9-26-2/h4-7,10-11H,3,8-9H2,1-2H3,(H,21,23). The predicted molar refractivity (Wildman–Crippen MR) is 95.2 cm³/mol. The van der Waals surface area contributed by atoms with Crippen LogP contribution in [0.4, 0.5) is 5.69 Å². The fraction of sp³-hybridized carbons (Fsp3) is 0.263. The lowest BCUT2D eigenvalue weighted by Gasteiger charge is -2.12. The zero-order valence-electron chi connectivity index (χ0n) is 14.6. The number of fused-ring (bicyclic) bond motifs is 1. The molecule has 0 unspecified atom stereocenters. The fourth-order valence-corrected chi connectivity index (χ4v) is 2.75. The van der Waals surface area contributed by atoms with Crippen molar-refractivity contribution in [3.05, 3.63) is 58.9 Å². The van der Waals surface area contributed by atoms with Crippen molar-refractivity contribution in [1.82, 2.24) is 9.88 Å². The lowest BCUT2D eigenvalue weighted by Crippen LogP contribution is -2.31.